The zero-order valence-corrected chi connectivity index (χ0v) is 16.2. The monoisotopic (exact) mass is 380 g/mol. The normalized spacial score (nSPS) is 15.8. The van der Waals surface area contributed by atoms with Crippen molar-refractivity contribution in [3.05, 3.63) is 53.0 Å². The van der Waals surface area contributed by atoms with E-state index in [1.807, 2.05) is 32.0 Å². The summed E-state index contributed by atoms with van der Waals surface area (Å²) in [5.41, 5.74) is 9.90. The average Bonchev–Trinajstić information content (AvgIpc) is 2.64. The van der Waals surface area contributed by atoms with Gasteiger partial charge in [-0.15, -0.1) is 0 Å². The first-order chi connectivity index (χ1) is 13.5. The number of aryl methyl sites for hydroxylation is 2. The van der Waals surface area contributed by atoms with Crippen LogP contribution in [0.5, 0.6) is 0 Å². The predicted octanol–water partition coefficient (Wildman–Crippen LogP) is 3.44. The summed E-state index contributed by atoms with van der Waals surface area (Å²) in [4.78, 5) is 15.9. The number of aromatic nitrogens is 3. The van der Waals surface area contributed by atoms with Crippen LogP contribution in [0.3, 0.4) is 0 Å². The number of nitrogens with zero attached hydrogens (tertiary/aromatic N) is 4. The molecule has 1 fully saturated rings. The fourth-order valence-electron chi connectivity index (χ4n) is 3.84. The standard InChI is InChI=1S/C21H25FN6/c1-13-11-14(2)24-20-18(13)19(23)26-21(27-20)25-17-7-9-28(10-8-17)12-15-3-5-16(22)6-4-15/h3-6,11,17H,7-10,12H2,1-2H3,(H3,23,24,25,26,27). The van der Waals surface area contributed by atoms with Crippen molar-refractivity contribution in [1.82, 2.24) is 19.9 Å². The second-order valence-corrected chi connectivity index (χ2v) is 7.53. The Labute approximate surface area is 164 Å². The van der Waals surface area contributed by atoms with Crippen molar-refractivity contribution in [2.75, 3.05) is 24.1 Å². The Morgan fingerprint density at radius 1 is 1.11 bits per heavy atom. The number of fused-ring (bicyclic) bond motifs is 1. The van der Waals surface area contributed by atoms with E-state index in [4.69, 9.17) is 5.73 Å². The zero-order valence-electron chi connectivity index (χ0n) is 16.2. The minimum absolute atomic E-state index is 0.193. The summed E-state index contributed by atoms with van der Waals surface area (Å²) >= 11 is 0. The van der Waals surface area contributed by atoms with Crippen LogP contribution in [0.2, 0.25) is 0 Å². The van der Waals surface area contributed by atoms with Gasteiger partial charge in [0.2, 0.25) is 5.95 Å². The van der Waals surface area contributed by atoms with Gasteiger partial charge in [-0.3, -0.25) is 4.90 Å². The second kappa shape index (κ2) is 7.67. The van der Waals surface area contributed by atoms with Gasteiger partial charge in [-0.1, -0.05) is 12.1 Å². The molecule has 3 N–H and O–H groups in total. The zero-order chi connectivity index (χ0) is 19.7. The minimum atomic E-state index is -0.193. The molecule has 3 aromatic rings. The Kier molecular flexibility index (Phi) is 5.09. The summed E-state index contributed by atoms with van der Waals surface area (Å²) < 4.78 is 13.0. The first-order valence-electron chi connectivity index (χ1n) is 9.63. The molecule has 3 heterocycles. The van der Waals surface area contributed by atoms with Gasteiger partial charge < -0.3 is 11.1 Å². The van der Waals surface area contributed by atoms with Crippen LogP contribution in [0.15, 0.2) is 30.3 Å². The maximum atomic E-state index is 13.0. The Bertz CT molecular complexity index is 980. The van der Waals surface area contributed by atoms with Crippen LogP contribution < -0.4 is 11.1 Å². The Balaban J connectivity index is 1.40. The first-order valence-corrected chi connectivity index (χ1v) is 9.63. The highest BCUT2D eigenvalue weighted by atomic mass is 19.1. The van der Waals surface area contributed by atoms with E-state index in [0.717, 1.165) is 54.7 Å². The van der Waals surface area contributed by atoms with Gasteiger partial charge in [0.05, 0.1) is 5.39 Å². The topological polar surface area (TPSA) is 80.0 Å². The molecule has 1 aliphatic rings. The number of pyridine rings is 1. The molecule has 28 heavy (non-hydrogen) atoms. The van der Waals surface area contributed by atoms with Crippen molar-refractivity contribution in [1.29, 1.82) is 0 Å². The summed E-state index contributed by atoms with van der Waals surface area (Å²) in [6, 6.07) is 9.02. The lowest BCUT2D eigenvalue weighted by Crippen LogP contribution is -2.39. The molecule has 4 rings (SSSR count). The van der Waals surface area contributed by atoms with Gasteiger partial charge in [-0.05, 0) is 56.0 Å². The fourth-order valence-corrected chi connectivity index (χ4v) is 3.84. The summed E-state index contributed by atoms with van der Waals surface area (Å²) in [5.74, 6) is 0.812. The molecule has 0 spiro atoms. The number of halogens is 1. The highest BCUT2D eigenvalue weighted by molar-refractivity contribution is 5.89. The van der Waals surface area contributed by atoms with Crippen LogP contribution in [0, 0.1) is 19.7 Å². The van der Waals surface area contributed by atoms with Crippen LogP contribution in [0.1, 0.15) is 29.7 Å². The molecule has 0 saturated carbocycles. The predicted molar refractivity (Wildman–Crippen MR) is 110 cm³/mol. The van der Waals surface area contributed by atoms with E-state index in [1.165, 1.54) is 12.1 Å². The van der Waals surface area contributed by atoms with E-state index in [2.05, 4.69) is 25.2 Å². The van der Waals surface area contributed by atoms with E-state index in [-0.39, 0.29) is 5.82 Å². The van der Waals surface area contributed by atoms with Gasteiger partial charge in [-0.2, -0.15) is 9.97 Å². The molecule has 7 heteroatoms. The van der Waals surface area contributed by atoms with Crippen LogP contribution in [-0.4, -0.2) is 39.0 Å². The van der Waals surface area contributed by atoms with Gasteiger partial charge in [0.15, 0.2) is 5.65 Å². The number of hydrogen-bond acceptors (Lipinski definition) is 6. The van der Waals surface area contributed by atoms with E-state index in [1.54, 1.807) is 0 Å². The quantitative estimate of drug-likeness (QED) is 0.722. The molecule has 0 atom stereocenters. The molecule has 0 unspecified atom stereocenters. The van der Waals surface area contributed by atoms with Gasteiger partial charge in [0, 0.05) is 31.4 Å². The van der Waals surface area contributed by atoms with Gasteiger partial charge >= 0.3 is 0 Å². The van der Waals surface area contributed by atoms with E-state index < -0.39 is 0 Å². The molecular formula is C21H25FN6. The van der Waals surface area contributed by atoms with E-state index >= 15 is 0 Å². The van der Waals surface area contributed by atoms with Gasteiger partial charge in [0.1, 0.15) is 11.6 Å². The molecule has 146 valence electrons. The highest BCUT2D eigenvalue weighted by Gasteiger charge is 2.20. The second-order valence-electron chi connectivity index (χ2n) is 7.53. The number of nitrogen functional groups attached to an aromatic ring is 1. The molecule has 0 amide bonds. The van der Waals surface area contributed by atoms with Gasteiger partial charge in [-0.25, -0.2) is 9.37 Å². The lowest BCUT2D eigenvalue weighted by Gasteiger charge is -2.32. The maximum absolute atomic E-state index is 13.0. The lowest BCUT2D eigenvalue weighted by atomic mass is 10.0. The Morgan fingerprint density at radius 3 is 2.54 bits per heavy atom. The highest BCUT2D eigenvalue weighted by Crippen LogP contribution is 2.24. The minimum Gasteiger partial charge on any atom is -0.383 e. The van der Waals surface area contributed by atoms with Crippen molar-refractivity contribution in [2.45, 2.75) is 39.3 Å². The number of nitrogens with one attached hydrogen (secondary N) is 1. The van der Waals surface area contributed by atoms with Crippen molar-refractivity contribution in [3.63, 3.8) is 0 Å². The summed E-state index contributed by atoms with van der Waals surface area (Å²) in [6.07, 6.45) is 1.98. The number of anilines is 2. The molecule has 0 bridgehead atoms. The number of piperidine rings is 1. The molecule has 0 aliphatic carbocycles. The van der Waals surface area contributed by atoms with Crippen molar-refractivity contribution < 1.29 is 4.39 Å². The molecule has 2 aromatic heterocycles. The third-order valence-corrected chi connectivity index (χ3v) is 5.26. The number of benzene rings is 1. The molecule has 1 aromatic carbocycles. The average molecular weight is 380 g/mol. The molecule has 1 saturated heterocycles. The van der Waals surface area contributed by atoms with Crippen molar-refractivity contribution >= 4 is 22.8 Å². The van der Waals surface area contributed by atoms with Crippen molar-refractivity contribution in [2.24, 2.45) is 0 Å². The molecule has 0 radical (unpaired) electrons. The first kappa shape index (κ1) is 18.6. The lowest BCUT2D eigenvalue weighted by molar-refractivity contribution is 0.211. The van der Waals surface area contributed by atoms with Crippen LogP contribution >= 0.6 is 0 Å². The fraction of sp³-hybridized carbons (Fsp3) is 0.381. The van der Waals surface area contributed by atoms with Crippen LogP contribution in [-0.2, 0) is 6.54 Å². The summed E-state index contributed by atoms with van der Waals surface area (Å²) in [7, 11) is 0. The van der Waals surface area contributed by atoms with Gasteiger partial charge in [0.25, 0.3) is 0 Å². The number of nitrogens with two attached hydrogens (primary N) is 1. The maximum Gasteiger partial charge on any atom is 0.226 e. The third kappa shape index (κ3) is 4.04. The smallest absolute Gasteiger partial charge is 0.226 e. The van der Waals surface area contributed by atoms with E-state index in [9.17, 15) is 4.39 Å². The summed E-state index contributed by atoms with van der Waals surface area (Å²) in [6.45, 7) is 6.73. The largest absolute Gasteiger partial charge is 0.383 e. The molecular weight excluding hydrogens is 355 g/mol. The van der Waals surface area contributed by atoms with E-state index in [0.29, 0.717) is 23.5 Å². The third-order valence-electron chi connectivity index (χ3n) is 5.26. The van der Waals surface area contributed by atoms with Crippen LogP contribution in [0.4, 0.5) is 16.2 Å². The van der Waals surface area contributed by atoms with Crippen molar-refractivity contribution in [3.8, 4) is 0 Å². The summed E-state index contributed by atoms with van der Waals surface area (Å²) in [5, 5.41) is 4.25. The Hall–Kier alpha value is -2.80. The molecule has 1 aliphatic heterocycles. The Morgan fingerprint density at radius 2 is 1.82 bits per heavy atom. The number of hydrogen-bond donors (Lipinski definition) is 2. The van der Waals surface area contributed by atoms with Crippen LogP contribution in [0.25, 0.3) is 11.0 Å². The number of rotatable bonds is 4. The molecule has 6 nitrogen and oxygen atoms in total. The number of likely N-dealkylation sites (tertiary alicyclic amines) is 1. The SMILES string of the molecule is Cc1cc(C)c2c(N)nc(NC3CCN(Cc4ccc(F)cc4)CC3)nc2n1.